The minimum Gasteiger partial charge on any atom is -0.460 e. The van der Waals surface area contributed by atoms with E-state index in [-0.39, 0.29) is 5.91 Å². The van der Waals surface area contributed by atoms with Gasteiger partial charge in [-0.1, -0.05) is 36.7 Å². The van der Waals surface area contributed by atoms with Gasteiger partial charge in [-0.25, -0.2) is 5.43 Å². The van der Waals surface area contributed by atoms with Crippen molar-refractivity contribution in [1.82, 2.24) is 5.43 Å². The van der Waals surface area contributed by atoms with Crippen LogP contribution in [0.15, 0.2) is 45.9 Å². The molecule has 0 saturated carbocycles. The summed E-state index contributed by atoms with van der Waals surface area (Å²) < 4.78 is 6.52. The zero-order valence-electron chi connectivity index (χ0n) is 12.7. The summed E-state index contributed by atoms with van der Waals surface area (Å²) in [6.07, 6.45) is 0.646. The maximum Gasteiger partial charge on any atom is 0.283 e. The van der Waals surface area contributed by atoms with Crippen LogP contribution >= 0.6 is 22.9 Å². The van der Waals surface area contributed by atoms with E-state index in [1.807, 2.05) is 50.2 Å². The lowest BCUT2D eigenvalue weighted by Gasteiger charge is -2.02. The van der Waals surface area contributed by atoms with Gasteiger partial charge in [0.05, 0.1) is 5.02 Å². The van der Waals surface area contributed by atoms with Crippen molar-refractivity contribution in [3.8, 4) is 0 Å². The van der Waals surface area contributed by atoms with Crippen LogP contribution in [0.2, 0.25) is 5.02 Å². The number of hydrogen-bond donors (Lipinski definition) is 1. The average molecular weight is 347 g/mol. The molecule has 0 aliphatic carbocycles. The predicted molar refractivity (Wildman–Crippen MR) is 94.6 cm³/mol. The third kappa shape index (κ3) is 3.16. The number of halogens is 1. The molecule has 0 bridgehead atoms. The van der Waals surface area contributed by atoms with Gasteiger partial charge < -0.3 is 4.42 Å². The van der Waals surface area contributed by atoms with Gasteiger partial charge in [-0.3, -0.25) is 4.79 Å². The van der Waals surface area contributed by atoms with Crippen LogP contribution < -0.4 is 5.43 Å². The Morgan fingerprint density at radius 1 is 1.30 bits per heavy atom. The third-order valence-corrected chi connectivity index (χ3v) is 5.07. The molecule has 0 saturated heterocycles. The van der Waals surface area contributed by atoms with E-state index in [0.29, 0.717) is 27.8 Å². The summed E-state index contributed by atoms with van der Waals surface area (Å²) in [5, 5.41) is 5.53. The Morgan fingerprint density at radius 3 is 2.74 bits per heavy atom. The first-order valence-corrected chi connectivity index (χ1v) is 8.40. The Labute approximate surface area is 142 Å². The second-order valence-electron chi connectivity index (χ2n) is 5.00. The van der Waals surface area contributed by atoms with Crippen LogP contribution in [0.4, 0.5) is 0 Å². The fourth-order valence-corrected chi connectivity index (χ4v) is 3.63. The van der Waals surface area contributed by atoms with Crippen molar-refractivity contribution in [3.05, 3.63) is 57.8 Å². The number of hydrogen-bond acceptors (Lipinski definition) is 4. The van der Waals surface area contributed by atoms with Gasteiger partial charge in [0, 0.05) is 10.1 Å². The second-order valence-corrected chi connectivity index (χ2v) is 6.43. The van der Waals surface area contributed by atoms with Crippen LogP contribution in [-0.2, 0) is 0 Å². The first-order chi connectivity index (χ1) is 11.1. The van der Waals surface area contributed by atoms with Crippen LogP contribution in [0.5, 0.6) is 0 Å². The van der Waals surface area contributed by atoms with Gasteiger partial charge in [-0.05, 0) is 31.5 Å². The molecule has 3 aromatic rings. The highest BCUT2D eigenvalue weighted by Gasteiger charge is 2.17. The Morgan fingerprint density at radius 2 is 2.09 bits per heavy atom. The van der Waals surface area contributed by atoms with E-state index in [2.05, 4.69) is 10.5 Å². The molecule has 2 aromatic heterocycles. The molecule has 0 aliphatic heterocycles. The molecule has 1 N–H and O–H groups in total. The first kappa shape index (κ1) is 15.8. The molecular formula is C17H15ClN2O2S. The van der Waals surface area contributed by atoms with Crippen molar-refractivity contribution in [2.24, 2.45) is 5.10 Å². The summed E-state index contributed by atoms with van der Waals surface area (Å²) in [6, 6.07) is 11.4. The zero-order chi connectivity index (χ0) is 16.4. The minimum atomic E-state index is -0.314. The maximum atomic E-state index is 12.4. The lowest BCUT2D eigenvalue weighted by atomic mass is 10.2. The van der Waals surface area contributed by atoms with E-state index in [1.165, 1.54) is 11.3 Å². The number of nitrogens with zero attached hydrogens (tertiary/aromatic N) is 1. The molecule has 118 valence electrons. The maximum absolute atomic E-state index is 12.4. The highest BCUT2D eigenvalue weighted by atomic mass is 35.5. The summed E-state index contributed by atoms with van der Waals surface area (Å²) in [4.78, 5) is 12.8. The van der Waals surface area contributed by atoms with E-state index < -0.39 is 0 Å². The number of hydrazone groups is 1. The van der Waals surface area contributed by atoms with Gasteiger partial charge in [-0.15, -0.1) is 11.3 Å². The van der Waals surface area contributed by atoms with E-state index in [9.17, 15) is 4.79 Å². The van der Waals surface area contributed by atoms with Gasteiger partial charge in [0.2, 0.25) is 0 Å². The van der Waals surface area contributed by atoms with Crippen molar-refractivity contribution in [2.75, 3.05) is 0 Å². The van der Waals surface area contributed by atoms with E-state index in [0.717, 1.165) is 15.8 Å². The zero-order valence-corrected chi connectivity index (χ0v) is 14.3. The Bertz CT molecular complexity index is 895. The normalized spacial score (nSPS) is 11.9. The predicted octanol–water partition coefficient (Wildman–Crippen LogP) is 5.00. The second kappa shape index (κ2) is 6.56. The number of benzene rings is 1. The molecule has 0 radical (unpaired) electrons. The number of carbonyl (C=O) groups excluding carboxylic acids is 1. The van der Waals surface area contributed by atoms with Gasteiger partial charge >= 0.3 is 0 Å². The topological polar surface area (TPSA) is 54.6 Å². The molecule has 6 heteroatoms. The molecule has 1 amide bonds. The summed E-state index contributed by atoms with van der Waals surface area (Å²) in [5.74, 6) is 1.15. The van der Waals surface area contributed by atoms with Crippen LogP contribution in [0.3, 0.4) is 0 Å². The Hall–Kier alpha value is -2.11. The fraction of sp³-hybridized carbons (Fsp3) is 0.176. The first-order valence-electron chi connectivity index (χ1n) is 7.21. The molecule has 0 atom stereocenters. The number of carbonyl (C=O) groups is 1. The number of furan rings is 1. The summed E-state index contributed by atoms with van der Waals surface area (Å²) >= 11 is 7.66. The highest BCUT2D eigenvalue weighted by Crippen LogP contribution is 2.34. The molecule has 2 heterocycles. The van der Waals surface area contributed by atoms with Crippen LogP contribution in [0.25, 0.3) is 10.1 Å². The molecule has 3 rings (SSSR count). The molecule has 0 fully saturated rings. The molecule has 0 spiro atoms. The SMILES string of the molecule is CCC(=NNC(=O)c1sc2ccccc2c1Cl)c1ccc(C)o1. The number of aryl methyl sites for hydroxylation is 1. The Balaban J connectivity index is 1.85. The van der Waals surface area contributed by atoms with Crippen LogP contribution in [-0.4, -0.2) is 11.6 Å². The summed E-state index contributed by atoms with van der Waals surface area (Å²) in [5.41, 5.74) is 3.26. The summed E-state index contributed by atoms with van der Waals surface area (Å²) in [7, 11) is 0. The fourth-order valence-electron chi connectivity index (χ4n) is 2.23. The van der Waals surface area contributed by atoms with Crippen molar-refractivity contribution in [1.29, 1.82) is 0 Å². The number of rotatable bonds is 4. The van der Waals surface area contributed by atoms with Crippen molar-refractivity contribution in [3.63, 3.8) is 0 Å². The van der Waals surface area contributed by atoms with Gasteiger partial charge in [0.25, 0.3) is 5.91 Å². The van der Waals surface area contributed by atoms with Gasteiger partial charge in [0.15, 0.2) is 0 Å². The van der Waals surface area contributed by atoms with Gasteiger partial charge in [0.1, 0.15) is 22.1 Å². The quantitative estimate of drug-likeness (QED) is 0.534. The van der Waals surface area contributed by atoms with E-state index >= 15 is 0 Å². The average Bonchev–Trinajstić information content (AvgIpc) is 3.12. The summed E-state index contributed by atoms with van der Waals surface area (Å²) in [6.45, 7) is 3.82. The number of nitrogens with one attached hydrogen (secondary N) is 1. The molecule has 23 heavy (non-hydrogen) atoms. The standard InChI is InChI=1S/C17H15ClN2O2S/c1-3-12(13-9-8-10(2)22-13)19-20-17(21)16-15(18)11-6-4-5-7-14(11)23-16/h4-9H,3H2,1-2H3,(H,20,21). The van der Waals surface area contributed by atoms with Crippen molar-refractivity contribution >= 4 is 44.6 Å². The molecular weight excluding hydrogens is 332 g/mol. The number of amides is 1. The highest BCUT2D eigenvalue weighted by molar-refractivity contribution is 7.21. The Kier molecular flexibility index (Phi) is 4.50. The molecule has 1 aromatic carbocycles. The van der Waals surface area contributed by atoms with Crippen molar-refractivity contribution in [2.45, 2.75) is 20.3 Å². The third-order valence-electron chi connectivity index (χ3n) is 3.39. The lowest BCUT2D eigenvalue weighted by molar-refractivity contribution is 0.0959. The molecule has 0 aliphatic rings. The monoisotopic (exact) mass is 346 g/mol. The van der Waals surface area contributed by atoms with Crippen LogP contribution in [0.1, 0.15) is 34.5 Å². The molecule has 4 nitrogen and oxygen atoms in total. The van der Waals surface area contributed by atoms with E-state index in [4.69, 9.17) is 16.0 Å². The number of fused-ring (bicyclic) bond motifs is 1. The van der Waals surface area contributed by atoms with Crippen LogP contribution in [0, 0.1) is 6.92 Å². The lowest BCUT2D eigenvalue weighted by Crippen LogP contribution is -2.19. The van der Waals surface area contributed by atoms with Crippen molar-refractivity contribution < 1.29 is 9.21 Å². The smallest absolute Gasteiger partial charge is 0.283 e. The largest absolute Gasteiger partial charge is 0.460 e. The number of thiophene rings is 1. The van der Waals surface area contributed by atoms with Gasteiger partial charge in [-0.2, -0.15) is 5.10 Å². The minimum absolute atomic E-state index is 0.314. The van der Waals surface area contributed by atoms with E-state index in [1.54, 1.807) is 0 Å². The molecule has 0 unspecified atom stereocenters.